The molecule has 1 aromatic heterocycles. The van der Waals surface area contributed by atoms with Crippen molar-refractivity contribution in [3.05, 3.63) is 53.6 Å². The third-order valence-electron chi connectivity index (χ3n) is 4.26. The number of nitrogens with one attached hydrogen (secondary N) is 1. The summed E-state index contributed by atoms with van der Waals surface area (Å²) in [6, 6.07) is 9.76. The zero-order valence-corrected chi connectivity index (χ0v) is 17.1. The van der Waals surface area contributed by atoms with Gasteiger partial charge in [-0.2, -0.15) is 18.2 Å². The molecule has 0 saturated carbocycles. The van der Waals surface area contributed by atoms with E-state index in [-0.39, 0.29) is 37.0 Å². The predicted octanol–water partition coefficient (Wildman–Crippen LogP) is 3.99. The van der Waals surface area contributed by atoms with E-state index in [1.165, 1.54) is 6.07 Å². The molecular formula is C21H19F4N3O5. The maximum Gasteiger partial charge on any atom is 0.419 e. The van der Waals surface area contributed by atoms with Crippen LogP contribution in [0.1, 0.15) is 11.1 Å². The molecule has 1 heterocycles. The summed E-state index contributed by atoms with van der Waals surface area (Å²) >= 11 is 0. The lowest BCUT2D eigenvalue weighted by Gasteiger charge is -2.13. The number of rotatable bonds is 9. The Hall–Kier alpha value is -3.67. The first-order chi connectivity index (χ1) is 15.8. The number of amides is 1. The van der Waals surface area contributed by atoms with Gasteiger partial charge in [-0.25, -0.2) is 9.18 Å². The monoisotopic (exact) mass is 469 g/mol. The van der Waals surface area contributed by atoms with Gasteiger partial charge in [0.2, 0.25) is 5.82 Å². The molecule has 0 aliphatic heterocycles. The van der Waals surface area contributed by atoms with Crippen molar-refractivity contribution in [3.8, 4) is 28.6 Å². The van der Waals surface area contributed by atoms with Crippen molar-refractivity contribution in [2.45, 2.75) is 12.8 Å². The van der Waals surface area contributed by atoms with Crippen molar-refractivity contribution < 1.29 is 41.5 Å². The second-order valence-electron chi connectivity index (χ2n) is 6.59. The minimum atomic E-state index is -4.72. The molecule has 0 atom stereocenters. The van der Waals surface area contributed by atoms with Gasteiger partial charge in [-0.15, -0.1) is 0 Å². The van der Waals surface area contributed by atoms with Gasteiger partial charge in [0.15, 0.2) is 0 Å². The number of alkyl halides is 4. The molecule has 2 aromatic carbocycles. The largest absolute Gasteiger partial charge is 0.490 e. The first-order valence-electron chi connectivity index (χ1n) is 9.66. The van der Waals surface area contributed by atoms with Gasteiger partial charge in [-0.05, 0) is 23.8 Å². The molecule has 176 valence electrons. The van der Waals surface area contributed by atoms with E-state index in [0.717, 1.165) is 12.1 Å². The lowest BCUT2D eigenvalue weighted by Crippen LogP contribution is -2.26. The fourth-order valence-electron chi connectivity index (χ4n) is 2.72. The molecule has 0 saturated heterocycles. The van der Waals surface area contributed by atoms with E-state index in [4.69, 9.17) is 19.1 Å². The molecule has 1 amide bonds. The van der Waals surface area contributed by atoms with Crippen LogP contribution in [-0.2, 0) is 17.5 Å². The molecule has 8 nitrogen and oxygen atoms in total. The third kappa shape index (κ3) is 6.42. The van der Waals surface area contributed by atoms with Gasteiger partial charge in [-0.3, -0.25) is 0 Å². The number of carbonyl (C=O) groups is 1. The van der Waals surface area contributed by atoms with Gasteiger partial charge in [0.1, 0.15) is 25.6 Å². The molecule has 0 bridgehead atoms. The van der Waals surface area contributed by atoms with Crippen LogP contribution in [0.5, 0.6) is 5.75 Å². The van der Waals surface area contributed by atoms with Crippen molar-refractivity contribution in [2.24, 2.45) is 0 Å². The summed E-state index contributed by atoms with van der Waals surface area (Å²) in [5, 5.41) is 14.8. The number of halogens is 4. The molecule has 0 fully saturated rings. The van der Waals surface area contributed by atoms with E-state index in [1.54, 1.807) is 24.3 Å². The summed E-state index contributed by atoms with van der Waals surface area (Å²) in [5.74, 6) is -0.489. The first kappa shape index (κ1) is 24.0. The number of nitrogens with zero attached hydrogens (tertiary/aromatic N) is 2. The summed E-state index contributed by atoms with van der Waals surface area (Å²) in [4.78, 5) is 15.5. The van der Waals surface area contributed by atoms with Crippen molar-refractivity contribution in [1.82, 2.24) is 15.5 Å². The molecule has 0 radical (unpaired) electrons. The Balaban J connectivity index is 1.73. The van der Waals surface area contributed by atoms with Crippen molar-refractivity contribution in [3.63, 3.8) is 0 Å². The van der Waals surface area contributed by atoms with Crippen molar-refractivity contribution in [2.75, 3.05) is 26.4 Å². The quantitative estimate of drug-likeness (QED) is 0.457. The number of benzene rings is 2. The lowest BCUT2D eigenvalue weighted by atomic mass is 10.1. The number of ether oxygens (including phenoxy) is 2. The molecule has 0 aliphatic carbocycles. The topological polar surface area (TPSA) is 107 Å². The highest BCUT2D eigenvalue weighted by molar-refractivity contribution is 5.67. The maximum absolute atomic E-state index is 13.4. The minimum Gasteiger partial charge on any atom is -0.490 e. The fraction of sp³-hybridized carbons (Fsp3) is 0.286. The summed E-state index contributed by atoms with van der Waals surface area (Å²) in [6.07, 6.45) is -5.40. The Morgan fingerprint density at radius 3 is 2.52 bits per heavy atom. The fourth-order valence-corrected chi connectivity index (χ4v) is 2.72. The summed E-state index contributed by atoms with van der Waals surface area (Å²) in [7, 11) is 0. The van der Waals surface area contributed by atoms with Gasteiger partial charge < -0.3 is 24.4 Å². The average molecular weight is 469 g/mol. The molecule has 3 aromatic rings. The van der Waals surface area contributed by atoms with Crippen LogP contribution in [0, 0.1) is 0 Å². The van der Waals surface area contributed by atoms with E-state index >= 15 is 0 Å². The Labute approximate surface area is 185 Å². The number of aliphatic hydroxyl groups is 1. The van der Waals surface area contributed by atoms with Crippen LogP contribution in [0.4, 0.5) is 22.4 Å². The highest BCUT2D eigenvalue weighted by Gasteiger charge is 2.35. The molecule has 0 spiro atoms. The summed E-state index contributed by atoms with van der Waals surface area (Å²) in [5.41, 5.74) is 0.130. The van der Waals surface area contributed by atoms with Crippen LogP contribution in [-0.4, -0.2) is 47.8 Å². The molecule has 2 N–H and O–H groups in total. The van der Waals surface area contributed by atoms with Gasteiger partial charge in [0, 0.05) is 17.7 Å². The van der Waals surface area contributed by atoms with E-state index in [0.29, 0.717) is 11.1 Å². The molecule has 0 unspecified atom stereocenters. The Morgan fingerprint density at radius 2 is 1.85 bits per heavy atom. The van der Waals surface area contributed by atoms with Crippen LogP contribution in [0.2, 0.25) is 0 Å². The number of aromatic nitrogens is 2. The third-order valence-corrected chi connectivity index (χ3v) is 4.26. The highest BCUT2D eigenvalue weighted by atomic mass is 19.4. The van der Waals surface area contributed by atoms with E-state index in [1.807, 2.05) is 0 Å². The van der Waals surface area contributed by atoms with Gasteiger partial charge >= 0.3 is 12.3 Å². The number of aliphatic hydroxyl groups excluding tert-OH is 1. The molecule has 33 heavy (non-hydrogen) atoms. The van der Waals surface area contributed by atoms with Crippen molar-refractivity contribution in [1.29, 1.82) is 0 Å². The number of hydrogen-bond donors (Lipinski definition) is 2. The van der Waals surface area contributed by atoms with E-state index < -0.39 is 36.9 Å². The minimum absolute atomic E-state index is 0.00786. The van der Waals surface area contributed by atoms with Crippen LogP contribution < -0.4 is 10.1 Å². The summed E-state index contributed by atoms with van der Waals surface area (Å²) in [6.45, 7) is -1.55. The maximum atomic E-state index is 13.4. The van der Waals surface area contributed by atoms with Crippen LogP contribution in [0.3, 0.4) is 0 Å². The second-order valence-corrected chi connectivity index (χ2v) is 6.59. The normalized spacial score (nSPS) is 11.3. The second kappa shape index (κ2) is 10.8. The molecule has 0 aliphatic rings. The van der Waals surface area contributed by atoms with Crippen LogP contribution in [0.15, 0.2) is 47.0 Å². The predicted molar refractivity (Wildman–Crippen MR) is 107 cm³/mol. The van der Waals surface area contributed by atoms with Gasteiger partial charge in [0.25, 0.3) is 5.89 Å². The zero-order chi connectivity index (χ0) is 23.8. The Morgan fingerprint density at radius 1 is 1.12 bits per heavy atom. The summed E-state index contributed by atoms with van der Waals surface area (Å²) < 4.78 is 67.3. The first-order valence-corrected chi connectivity index (χ1v) is 9.66. The van der Waals surface area contributed by atoms with Crippen LogP contribution in [0.25, 0.3) is 22.8 Å². The van der Waals surface area contributed by atoms with Gasteiger partial charge in [0.05, 0.1) is 12.2 Å². The average Bonchev–Trinajstić information content (AvgIpc) is 3.30. The van der Waals surface area contributed by atoms with E-state index in [9.17, 15) is 22.4 Å². The van der Waals surface area contributed by atoms with Gasteiger partial charge in [-0.1, -0.05) is 29.4 Å². The zero-order valence-electron chi connectivity index (χ0n) is 17.1. The Bertz CT molecular complexity index is 1070. The number of alkyl carbamates (subject to hydrolysis) is 1. The van der Waals surface area contributed by atoms with Crippen LogP contribution >= 0.6 is 0 Å². The highest BCUT2D eigenvalue weighted by Crippen LogP contribution is 2.38. The molecular weight excluding hydrogens is 450 g/mol. The Kier molecular flexibility index (Phi) is 7.83. The molecule has 3 rings (SSSR count). The van der Waals surface area contributed by atoms with E-state index in [2.05, 4.69) is 15.5 Å². The smallest absolute Gasteiger partial charge is 0.419 e. The standard InChI is InChI=1S/C21H19F4N3O5/c22-7-10-31-17-6-5-15(11-16(17)21(23,24)25)19-27-18(28-33-19)14-3-1-13(2-4-14)12-32-20(30)26-8-9-29/h1-6,11,29H,7-10,12H2,(H,26,30). The lowest BCUT2D eigenvalue weighted by molar-refractivity contribution is -0.138. The number of carbonyl (C=O) groups excluding carboxylic acids is 1. The molecule has 12 heteroatoms. The number of hydrogen-bond acceptors (Lipinski definition) is 7. The SMILES string of the molecule is O=C(NCCO)OCc1ccc(-c2noc(-c3ccc(OCCF)c(C(F)(F)F)c3)n2)cc1. The van der Waals surface area contributed by atoms with Crippen molar-refractivity contribution >= 4 is 6.09 Å².